The largest absolute Gasteiger partial charge is 0.352 e. The number of nitrogens with one attached hydrogen (secondary N) is 1. The average Bonchev–Trinajstić information content (AvgIpc) is 2.43. The Morgan fingerprint density at radius 3 is 2.75 bits per heavy atom. The Bertz CT molecular complexity index is 481. The molecule has 1 aromatic rings. The summed E-state index contributed by atoms with van der Waals surface area (Å²) in [5.41, 5.74) is 0. The molecule has 5 heteroatoms. The van der Waals surface area contributed by atoms with Crippen LogP contribution in [0.15, 0.2) is 23.1 Å². The van der Waals surface area contributed by atoms with Gasteiger partial charge < -0.3 is 5.32 Å². The van der Waals surface area contributed by atoms with Gasteiger partial charge >= 0.3 is 0 Å². The Kier molecular flexibility index (Phi) is 5.40. The number of hydrogen-bond acceptors (Lipinski definition) is 2. The van der Waals surface area contributed by atoms with Crippen LogP contribution in [-0.4, -0.2) is 17.7 Å². The Hall–Kier alpha value is -1.10. The molecule has 20 heavy (non-hydrogen) atoms. The van der Waals surface area contributed by atoms with Gasteiger partial charge in [-0.25, -0.2) is 8.78 Å². The van der Waals surface area contributed by atoms with Gasteiger partial charge in [0, 0.05) is 10.9 Å². The Morgan fingerprint density at radius 2 is 2.05 bits per heavy atom. The zero-order chi connectivity index (χ0) is 14.5. The van der Waals surface area contributed by atoms with Crippen LogP contribution in [0, 0.1) is 17.6 Å². The van der Waals surface area contributed by atoms with Gasteiger partial charge in [0.1, 0.15) is 0 Å². The second kappa shape index (κ2) is 7.07. The maximum Gasteiger partial charge on any atom is 0.230 e. The van der Waals surface area contributed by atoms with Gasteiger partial charge in [-0.1, -0.05) is 19.8 Å². The van der Waals surface area contributed by atoms with Crippen LogP contribution in [0.4, 0.5) is 8.78 Å². The number of hydrogen-bond donors (Lipinski definition) is 1. The summed E-state index contributed by atoms with van der Waals surface area (Å²) >= 11 is 1.22. The summed E-state index contributed by atoms with van der Waals surface area (Å²) in [6.07, 6.45) is 4.58. The lowest BCUT2D eigenvalue weighted by molar-refractivity contribution is -0.119. The first-order valence-corrected chi connectivity index (χ1v) is 7.92. The molecule has 0 saturated heterocycles. The Labute approximate surface area is 122 Å². The van der Waals surface area contributed by atoms with E-state index in [1.54, 1.807) is 0 Å². The minimum Gasteiger partial charge on any atom is -0.352 e. The third-order valence-electron chi connectivity index (χ3n) is 3.72. The van der Waals surface area contributed by atoms with Gasteiger partial charge in [-0.15, -0.1) is 11.8 Å². The first kappa shape index (κ1) is 15.3. The number of benzene rings is 1. The lowest BCUT2D eigenvalue weighted by Gasteiger charge is -2.29. The number of rotatable bonds is 4. The van der Waals surface area contributed by atoms with Gasteiger partial charge in [0.25, 0.3) is 0 Å². The van der Waals surface area contributed by atoms with Crippen LogP contribution < -0.4 is 5.32 Å². The predicted octanol–water partition coefficient (Wildman–Crippen LogP) is 3.75. The van der Waals surface area contributed by atoms with Crippen molar-refractivity contribution in [1.82, 2.24) is 5.32 Å². The molecule has 0 radical (unpaired) electrons. The highest BCUT2D eigenvalue weighted by molar-refractivity contribution is 8.00. The molecule has 0 bridgehead atoms. The monoisotopic (exact) mass is 299 g/mol. The number of carbonyl (C=O) groups excluding carboxylic acids is 1. The SMILES string of the molecule is C[C@@H]1CCCC[C@@H]1NC(=O)CSc1ccc(F)c(F)c1. The molecule has 1 fully saturated rings. The first-order chi connectivity index (χ1) is 9.56. The number of halogens is 2. The van der Waals surface area contributed by atoms with Crippen molar-refractivity contribution in [3.05, 3.63) is 29.8 Å². The lowest BCUT2D eigenvalue weighted by Crippen LogP contribution is -2.41. The molecule has 1 N–H and O–H groups in total. The van der Waals surface area contributed by atoms with Gasteiger partial charge in [-0.05, 0) is 37.0 Å². The summed E-state index contributed by atoms with van der Waals surface area (Å²) in [5.74, 6) is -1.04. The lowest BCUT2D eigenvalue weighted by atomic mass is 9.86. The molecule has 0 aromatic heterocycles. The number of thioether (sulfide) groups is 1. The molecule has 2 atom stereocenters. The van der Waals surface area contributed by atoms with Gasteiger partial charge in [-0.2, -0.15) is 0 Å². The summed E-state index contributed by atoms with van der Waals surface area (Å²) in [7, 11) is 0. The first-order valence-electron chi connectivity index (χ1n) is 6.93. The van der Waals surface area contributed by atoms with E-state index in [4.69, 9.17) is 0 Å². The highest BCUT2D eigenvalue weighted by Crippen LogP contribution is 2.24. The fourth-order valence-corrected chi connectivity index (χ4v) is 3.23. The van der Waals surface area contributed by atoms with E-state index in [1.807, 2.05) is 0 Å². The van der Waals surface area contributed by atoms with Gasteiger partial charge in [0.05, 0.1) is 5.75 Å². The third-order valence-corrected chi connectivity index (χ3v) is 4.71. The standard InChI is InChI=1S/C15H19F2NOS/c1-10-4-2-3-5-14(10)18-15(19)9-20-11-6-7-12(16)13(17)8-11/h6-8,10,14H,2-5,9H2,1H3,(H,18,19)/t10-,14+/m1/s1. The highest BCUT2D eigenvalue weighted by Gasteiger charge is 2.22. The zero-order valence-corrected chi connectivity index (χ0v) is 12.3. The molecule has 0 heterocycles. The minimum absolute atomic E-state index is 0.0431. The van der Waals surface area contributed by atoms with Crippen molar-refractivity contribution >= 4 is 17.7 Å². The second-order valence-corrected chi connectivity index (χ2v) is 6.35. The van der Waals surface area contributed by atoms with Crippen molar-refractivity contribution in [2.45, 2.75) is 43.5 Å². The molecule has 110 valence electrons. The Balaban J connectivity index is 1.81. The topological polar surface area (TPSA) is 29.1 Å². The van der Waals surface area contributed by atoms with Crippen molar-refractivity contribution in [3.63, 3.8) is 0 Å². The summed E-state index contributed by atoms with van der Waals surface area (Å²) in [4.78, 5) is 12.4. The van der Waals surface area contributed by atoms with Crippen molar-refractivity contribution in [2.75, 3.05) is 5.75 Å². The molecular weight excluding hydrogens is 280 g/mol. The molecular formula is C15H19F2NOS. The van der Waals surface area contributed by atoms with E-state index < -0.39 is 11.6 Å². The minimum atomic E-state index is -0.878. The molecule has 0 aliphatic heterocycles. The fraction of sp³-hybridized carbons (Fsp3) is 0.533. The maximum absolute atomic E-state index is 13.0. The van der Waals surface area contributed by atoms with E-state index in [2.05, 4.69) is 12.2 Å². The molecule has 0 spiro atoms. The molecule has 2 rings (SSSR count). The maximum atomic E-state index is 13.0. The van der Waals surface area contributed by atoms with Gasteiger partial charge in [-0.3, -0.25) is 4.79 Å². The molecule has 1 saturated carbocycles. The average molecular weight is 299 g/mol. The van der Waals surface area contributed by atoms with Crippen molar-refractivity contribution in [1.29, 1.82) is 0 Å². The summed E-state index contributed by atoms with van der Waals surface area (Å²) < 4.78 is 25.8. The molecule has 1 aliphatic carbocycles. The predicted molar refractivity (Wildman–Crippen MR) is 76.6 cm³/mol. The van der Waals surface area contributed by atoms with Crippen molar-refractivity contribution in [3.8, 4) is 0 Å². The van der Waals surface area contributed by atoms with Crippen LogP contribution >= 0.6 is 11.8 Å². The highest BCUT2D eigenvalue weighted by atomic mass is 32.2. The van der Waals surface area contributed by atoms with Crippen LogP contribution in [0.3, 0.4) is 0 Å². The summed E-state index contributed by atoms with van der Waals surface area (Å²) in [6, 6.07) is 3.94. The normalized spacial score (nSPS) is 22.6. The van der Waals surface area contributed by atoms with E-state index in [0.717, 1.165) is 31.4 Å². The van der Waals surface area contributed by atoms with E-state index in [9.17, 15) is 13.6 Å². The molecule has 1 amide bonds. The van der Waals surface area contributed by atoms with E-state index >= 15 is 0 Å². The zero-order valence-electron chi connectivity index (χ0n) is 11.5. The van der Waals surface area contributed by atoms with Crippen LogP contribution in [-0.2, 0) is 4.79 Å². The van der Waals surface area contributed by atoms with Crippen molar-refractivity contribution < 1.29 is 13.6 Å². The second-order valence-electron chi connectivity index (χ2n) is 5.30. The van der Waals surface area contributed by atoms with Crippen molar-refractivity contribution in [2.24, 2.45) is 5.92 Å². The summed E-state index contributed by atoms with van der Waals surface area (Å²) in [5, 5.41) is 3.04. The van der Waals surface area contributed by atoms with E-state index in [0.29, 0.717) is 10.8 Å². The Morgan fingerprint density at radius 1 is 1.30 bits per heavy atom. The van der Waals surface area contributed by atoms with Crippen LogP contribution in [0.5, 0.6) is 0 Å². The third kappa shape index (κ3) is 4.20. The van der Waals surface area contributed by atoms with Gasteiger partial charge in [0.15, 0.2) is 11.6 Å². The van der Waals surface area contributed by atoms with E-state index in [1.165, 1.54) is 24.2 Å². The number of carbonyl (C=O) groups is 1. The molecule has 2 nitrogen and oxygen atoms in total. The molecule has 1 aromatic carbocycles. The van der Waals surface area contributed by atoms with Crippen LogP contribution in [0.25, 0.3) is 0 Å². The van der Waals surface area contributed by atoms with Gasteiger partial charge in [0.2, 0.25) is 5.91 Å². The molecule has 0 unspecified atom stereocenters. The van der Waals surface area contributed by atoms with Crippen LogP contribution in [0.2, 0.25) is 0 Å². The van der Waals surface area contributed by atoms with E-state index in [-0.39, 0.29) is 17.7 Å². The quantitative estimate of drug-likeness (QED) is 0.858. The number of amides is 1. The van der Waals surface area contributed by atoms with Crippen LogP contribution in [0.1, 0.15) is 32.6 Å². The smallest absolute Gasteiger partial charge is 0.230 e. The fourth-order valence-electron chi connectivity index (χ4n) is 2.49. The summed E-state index contributed by atoms with van der Waals surface area (Å²) in [6.45, 7) is 2.16. The molecule has 1 aliphatic rings.